The van der Waals surface area contributed by atoms with Crippen molar-refractivity contribution in [3.8, 4) is 5.75 Å². The number of ether oxygens (including phenoxy) is 1. The number of tetrazole rings is 1. The molecule has 7 nitrogen and oxygen atoms in total. The lowest BCUT2D eigenvalue weighted by Crippen LogP contribution is -2.18. The van der Waals surface area contributed by atoms with Gasteiger partial charge in [-0.1, -0.05) is 67.7 Å². The van der Waals surface area contributed by atoms with Crippen LogP contribution in [-0.4, -0.2) is 49.1 Å². The zero-order valence-electron chi connectivity index (χ0n) is 17.9. The average Bonchev–Trinajstić information content (AvgIpc) is 3.48. The number of aliphatic hydroxyl groups is 2. The summed E-state index contributed by atoms with van der Waals surface area (Å²) in [6.07, 6.45) is 12.4. The summed E-state index contributed by atoms with van der Waals surface area (Å²) in [7, 11) is 0. The van der Waals surface area contributed by atoms with E-state index in [9.17, 15) is 10.2 Å². The first kappa shape index (κ1) is 20.6. The van der Waals surface area contributed by atoms with Crippen molar-refractivity contribution < 1.29 is 14.9 Å². The van der Waals surface area contributed by atoms with E-state index in [1.807, 2.05) is 12.2 Å². The minimum Gasteiger partial charge on any atom is -0.489 e. The van der Waals surface area contributed by atoms with Crippen molar-refractivity contribution in [2.45, 2.75) is 82.0 Å². The van der Waals surface area contributed by atoms with Gasteiger partial charge in [0.1, 0.15) is 11.9 Å². The largest absolute Gasteiger partial charge is 0.489 e. The van der Waals surface area contributed by atoms with Gasteiger partial charge in [-0.3, -0.25) is 0 Å². The molecule has 2 aliphatic carbocycles. The van der Waals surface area contributed by atoms with Gasteiger partial charge in [0.05, 0.1) is 12.2 Å². The average molecular weight is 425 g/mol. The van der Waals surface area contributed by atoms with Crippen LogP contribution in [0.25, 0.3) is 0 Å². The number of hydrogen-bond acceptors (Lipinski definition) is 6. The number of aromatic nitrogens is 4. The van der Waals surface area contributed by atoms with Gasteiger partial charge >= 0.3 is 0 Å². The standard InChI is InChI=1S/C24H32N4O3/c29-17(13-15-5-2-1-3-6-15)10-11-18-20(30)14-21-23(18)19-8-4-7-16(24(19)31-21)9-12-22-25-27-28-26-22/h4,7-8,10-11,15,17-18,20-21,23,29-30H,1-3,5-6,9,12-14H2,(H,25,26,27,28)/b11-10+. The molecule has 2 saturated carbocycles. The number of nitrogens with one attached hydrogen (secondary N) is 1. The van der Waals surface area contributed by atoms with Crippen LogP contribution >= 0.6 is 0 Å². The summed E-state index contributed by atoms with van der Waals surface area (Å²) in [4.78, 5) is 0. The Morgan fingerprint density at radius 2 is 2.06 bits per heavy atom. The first-order valence-electron chi connectivity index (χ1n) is 11.7. The summed E-state index contributed by atoms with van der Waals surface area (Å²) in [6.45, 7) is 0. The number of H-pyrrole nitrogens is 1. The Morgan fingerprint density at radius 1 is 1.19 bits per heavy atom. The number of para-hydroxylation sites is 1. The fourth-order valence-corrected chi connectivity index (χ4v) is 5.80. The lowest BCUT2D eigenvalue weighted by Gasteiger charge is -2.23. The van der Waals surface area contributed by atoms with Crippen molar-refractivity contribution in [1.82, 2.24) is 20.6 Å². The number of fused-ring (bicyclic) bond motifs is 3. The van der Waals surface area contributed by atoms with Crippen LogP contribution in [0.3, 0.4) is 0 Å². The Kier molecular flexibility index (Phi) is 6.05. The molecule has 3 N–H and O–H groups in total. The van der Waals surface area contributed by atoms with Gasteiger partial charge in [0.2, 0.25) is 0 Å². The normalized spacial score (nSPS) is 29.1. The van der Waals surface area contributed by atoms with Gasteiger partial charge in [-0.25, -0.2) is 0 Å². The van der Waals surface area contributed by atoms with Crippen molar-refractivity contribution >= 4 is 0 Å². The van der Waals surface area contributed by atoms with Crippen molar-refractivity contribution in [2.24, 2.45) is 11.8 Å². The van der Waals surface area contributed by atoms with E-state index in [0.717, 1.165) is 24.2 Å². The summed E-state index contributed by atoms with van der Waals surface area (Å²) in [5, 5.41) is 35.5. The van der Waals surface area contributed by atoms with Crippen LogP contribution in [-0.2, 0) is 12.8 Å². The zero-order valence-corrected chi connectivity index (χ0v) is 17.9. The Bertz CT molecular complexity index is 894. The number of aliphatic hydroxyl groups excluding tert-OH is 2. The van der Waals surface area contributed by atoms with Crippen LogP contribution in [0.1, 0.15) is 67.8 Å². The fourth-order valence-electron chi connectivity index (χ4n) is 5.80. The number of aryl methyl sites for hydroxylation is 2. The molecule has 1 aromatic carbocycles. The topological polar surface area (TPSA) is 104 Å². The quantitative estimate of drug-likeness (QED) is 0.590. The van der Waals surface area contributed by atoms with Crippen molar-refractivity contribution in [2.75, 3.05) is 0 Å². The van der Waals surface area contributed by atoms with Crippen LogP contribution in [0, 0.1) is 11.8 Å². The van der Waals surface area contributed by atoms with E-state index in [1.165, 1.54) is 37.7 Å². The van der Waals surface area contributed by atoms with Gasteiger partial charge in [0.15, 0.2) is 5.82 Å². The Hall–Kier alpha value is -2.25. The molecule has 5 rings (SSSR count). The van der Waals surface area contributed by atoms with Crippen LogP contribution < -0.4 is 4.74 Å². The van der Waals surface area contributed by atoms with Crippen LogP contribution in [0.5, 0.6) is 5.75 Å². The van der Waals surface area contributed by atoms with E-state index < -0.39 is 12.2 Å². The van der Waals surface area contributed by atoms with Gasteiger partial charge in [-0.05, 0) is 24.3 Å². The van der Waals surface area contributed by atoms with E-state index in [-0.39, 0.29) is 17.9 Å². The number of benzene rings is 1. The molecule has 0 amide bonds. The highest BCUT2D eigenvalue weighted by atomic mass is 16.5. The van der Waals surface area contributed by atoms with Crippen molar-refractivity contribution in [3.05, 3.63) is 47.3 Å². The van der Waals surface area contributed by atoms with Gasteiger partial charge < -0.3 is 14.9 Å². The van der Waals surface area contributed by atoms with E-state index in [0.29, 0.717) is 24.6 Å². The predicted molar refractivity (Wildman–Crippen MR) is 116 cm³/mol. The molecule has 5 unspecified atom stereocenters. The second kappa shape index (κ2) is 9.09. The third-order valence-corrected chi connectivity index (χ3v) is 7.35. The molecule has 2 aromatic rings. The molecule has 3 aliphatic rings. The highest BCUT2D eigenvalue weighted by Gasteiger charge is 2.48. The van der Waals surface area contributed by atoms with E-state index in [2.05, 4.69) is 38.8 Å². The maximum absolute atomic E-state index is 10.7. The second-order valence-corrected chi connectivity index (χ2v) is 9.42. The molecule has 2 fully saturated rings. The monoisotopic (exact) mass is 424 g/mol. The molecule has 0 saturated heterocycles. The lowest BCUT2D eigenvalue weighted by atomic mass is 9.84. The predicted octanol–water partition coefficient (Wildman–Crippen LogP) is 3.10. The van der Waals surface area contributed by atoms with Gasteiger partial charge in [0, 0.05) is 30.2 Å². The minimum absolute atomic E-state index is 0.0125. The number of nitrogens with zero attached hydrogens (tertiary/aromatic N) is 3. The first-order chi connectivity index (χ1) is 15.2. The number of rotatable bonds is 7. The maximum atomic E-state index is 10.7. The molecule has 0 bridgehead atoms. The maximum Gasteiger partial charge on any atom is 0.174 e. The molecular formula is C24H32N4O3. The van der Waals surface area contributed by atoms with Gasteiger partial charge in [-0.2, -0.15) is 5.21 Å². The third-order valence-electron chi connectivity index (χ3n) is 7.35. The summed E-state index contributed by atoms with van der Waals surface area (Å²) >= 11 is 0. The molecule has 0 spiro atoms. The molecule has 2 heterocycles. The highest BCUT2D eigenvalue weighted by Crippen LogP contribution is 2.52. The highest BCUT2D eigenvalue weighted by molar-refractivity contribution is 5.49. The smallest absolute Gasteiger partial charge is 0.174 e. The van der Waals surface area contributed by atoms with Crippen molar-refractivity contribution in [1.29, 1.82) is 0 Å². The van der Waals surface area contributed by atoms with E-state index in [1.54, 1.807) is 0 Å². The minimum atomic E-state index is -0.440. The number of aromatic amines is 1. The summed E-state index contributed by atoms with van der Waals surface area (Å²) in [5.74, 6) is 2.38. The SMILES string of the molecule is OC(/C=C/C1C(O)CC2Oc3c(CCc4nn[nH]n4)cccc3C21)CC1CCCCC1. The summed E-state index contributed by atoms with van der Waals surface area (Å²) in [5.41, 5.74) is 2.31. The molecule has 7 heteroatoms. The van der Waals surface area contributed by atoms with Crippen LogP contribution in [0.15, 0.2) is 30.4 Å². The molecule has 1 aromatic heterocycles. The summed E-state index contributed by atoms with van der Waals surface area (Å²) in [6, 6.07) is 6.28. The Morgan fingerprint density at radius 3 is 2.87 bits per heavy atom. The molecule has 0 radical (unpaired) electrons. The Balaban J connectivity index is 1.28. The molecule has 166 valence electrons. The van der Waals surface area contributed by atoms with Gasteiger partial charge in [-0.15, -0.1) is 10.2 Å². The summed E-state index contributed by atoms with van der Waals surface area (Å²) < 4.78 is 6.34. The van der Waals surface area contributed by atoms with Crippen molar-refractivity contribution in [3.63, 3.8) is 0 Å². The molecule has 1 aliphatic heterocycles. The van der Waals surface area contributed by atoms with Crippen LogP contribution in [0.2, 0.25) is 0 Å². The van der Waals surface area contributed by atoms with E-state index in [4.69, 9.17) is 4.74 Å². The van der Waals surface area contributed by atoms with Gasteiger partial charge in [0.25, 0.3) is 0 Å². The van der Waals surface area contributed by atoms with E-state index >= 15 is 0 Å². The van der Waals surface area contributed by atoms with Crippen LogP contribution in [0.4, 0.5) is 0 Å². The molecular weight excluding hydrogens is 392 g/mol. The zero-order chi connectivity index (χ0) is 21.2. The Labute approximate surface area is 182 Å². The second-order valence-electron chi connectivity index (χ2n) is 9.42. The fraction of sp³-hybridized carbons (Fsp3) is 0.625. The first-order valence-corrected chi connectivity index (χ1v) is 11.7. The molecule has 31 heavy (non-hydrogen) atoms. The third kappa shape index (κ3) is 4.39. The lowest BCUT2D eigenvalue weighted by molar-refractivity contribution is 0.134. The molecule has 5 atom stereocenters. The number of hydrogen-bond donors (Lipinski definition) is 3.